The maximum atomic E-state index is 12.4. The summed E-state index contributed by atoms with van der Waals surface area (Å²) < 4.78 is 48.7. The maximum absolute atomic E-state index is 12.4. The lowest BCUT2D eigenvalue weighted by Gasteiger charge is -2.07. The Morgan fingerprint density at radius 2 is 1.94 bits per heavy atom. The third-order valence-electron chi connectivity index (χ3n) is 2.42. The predicted octanol–water partition coefficient (Wildman–Crippen LogP) is 1.40. The topological polar surface area (TPSA) is 58.5 Å². The van der Waals surface area contributed by atoms with Crippen LogP contribution in [-0.2, 0) is 9.84 Å². The highest BCUT2D eigenvalue weighted by molar-refractivity contribution is 8.06. The van der Waals surface area contributed by atoms with Gasteiger partial charge in [0.1, 0.15) is 6.04 Å². The second-order valence-electron chi connectivity index (χ2n) is 3.60. The van der Waals surface area contributed by atoms with Crippen LogP contribution in [0.15, 0.2) is 40.3 Å². The summed E-state index contributed by atoms with van der Waals surface area (Å²) >= 11 is 0. The maximum Gasteiger partial charge on any atom is 0.260 e. The Balaban J connectivity index is 2.25. The van der Waals surface area contributed by atoms with Gasteiger partial charge in [0.25, 0.3) is 6.43 Å². The highest BCUT2D eigenvalue weighted by Gasteiger charge is 2.34. The van der Waals surface area contributed by atoms with E-state index in [-0.39, 0.29) is 16.4 Å². The van der Waals surface area contributed by atoms with E-state index in [1.807, 2.05) is 0 Å². The first-order chi connectivity index (χ1) is 8.01. The van der Waals surface area contributed by atoms with Crippen LogP contribution < -0.4 is 5.43 Å². The van der Waals surface area contributed by atoms with Gasteiger partial charge in [-0.25, -0.2) is 17.2 Å². The second-order valence-corrected chi connectivity index (χ2v) is 5.55. The summed E-state index contributed by atoms with van der Waals surface area (Å²) in [6.45, 7) is 0. The molecule has 0 spiro atoms. The molecule has 0 saturated heterocycles. The van der Waals surface area contributed by atoms with Crippen LogP contribution in [0.3, 0.4) is 0 Å². The zero-order valence-electron chi connectivity index (χ0n) is 8.68. The zero-order chi connectivity index (χ0) is 12.5. The smallest absolute Gasteiger partial charge is 0.260 e. The lowest BCUT2D eigenvalue weighted by molar-refractivity contribution is 0.106. The van der Waals surface area contributed by atoms with Gasteiger partial charge in [-0.15, -0.1) is 0 Å². The molecule has 1 N–H and O–H groups in total. The average Bonchev–Trinajstić information content (AvgIpc) is 2.80. The first-order valence-electron chi connectivity index (χ1n) is 4.92. The molecular weight excluding hydrogens is 250 g/mol. The molecule has 2 rings (SSSR count). The molecule has 0 saturated carbocycles. The average molecular weight is 260 g/mol. The monoisotopic (exact) mass is 260 g/mol. The first-order valence-corrected chi connectivity index (χ1v) is 6.40. The van der Waals surface area contributed by atoms with E-state index in [9.17, 15) is 17.2 Å². The fraction of sp³-hybridized carbons (Fsp3) is 0.300. The summed E-state index contributed by atoms with van der Waals surface area (Å²) in [6, 6.07) is 6.42. The number of sulfone groups is 1. The van der Waals surface area contributed by atoms with Crippen LogP contribution in [0.2, 0.25) is 0 Å². The lowest BCUT2D eigenvalue weighted by Crippen LogP contribution is -2.28. The molecule has 1 atom stereocenters. The molecule has 1 unspecified atom stereocenters. The molecule has 7 heteroatoms. The van der Waals surface area contributed by atoms with Crippen LogP contribution in [0.5, 0.6) is 0 Å². The number of nitrogens with one attached hydrogen (secondary N) is 1. The Bertz CT molecular complexity index is 528. The highest BCUT2D eigenvalue weighted by Crippen LogP contribution is 2.20. The van der Waals surface area contributed by atoms with Crippen molar-refractivity contribution in [3.8, 4) is 0 Å². The van der Waals surface area contributed by atoms with Gasteiger partial charge in [0.15, 0.2) is 5.04 Å². The molecular formula is C10H10F2N2O2S. The molecule has 17 heavy (non-hydrogen) atoms. The molecule has 1 aliphatic heterocycles. The molecule has 0 aromatic heterocycles. The Labute approximate surface area is 97.3 Å². The van der Waals surface area contributed by atoms with Gasteiger partial charge in [0.05, 0.1) is 4.90 Å². The van der Waals surface area contributed by atoms with E-state index < -0.39 is 22.3 Å². The molecule has 92 valence electrons. The Morgan fingerprint density at radius 3 is 2.47 bits per heavy atom. The van der Waals surface area contributed by atoms with E-state index in [1.165, 1.54) is 12.1 Å². The van der Waals surface area contributed by atoms with Crippen molar-refractivity contribution in [3.63, 3.8) is 0 Å². The van der Waals surface area contributed by atoms with Gasteiger partial charge >= 0.3 is 0 Å². The Hall–Kier alpha value is -1.50. The van der Waals surface area contributed by atoms with Crippen molar-refractivity contribution in [2.75, 3.05) is 0 Å². The normalized spacial score (nSPS) is 20.2. The molecule has 4 nitrogen and oxygen atoms in total. The Morgan fingerprint density at radius 1 is 1.29 bits per heavy atom. The number of hydrazone groups is 1. The minimum Gasteiger partial charge on any atom is -0.300 e. The van der Waals surface area contributed by atoms with Gasteiger partial charge in [0.2, 0.25) is 9.84 Å². The Kier molecular flexibility index (Phi) is 3.10. The van der Waals surface area contributed by atoms with Crippen molar-refractivity contribution in [2.24, 2.45) is 5.10 Å². The van der Waals surface area contributed by atoms with Crippen molar-refractivity contribution in [2.45, 2.75) is 23.8 Å². The zero-order valence-corrected chi connectivity index (χ0v) is 9.49. The molecule has 1 aliphatic rings. The SMILES string of the molecule is O=S(=O)(C1=NNC(C(F)F)C1)c1ccccc1. The summed E-state index contributed by atoms with van der Waals surface area (Å²) in [5, 5.41) is 3.24. The minimum absolute atomic E-state index is 0.0652. The van der Waals surface area contributed by atoms with E-state index in [2.05, 4.69) is 10.5 Å². The molecule has 0 fully saturated rings. The number of hydrogen-bond acceptors (Lipinski definition) is 4. The summed E-state index contributed by atoms with van der Waals surface area (Å²) in [4.78, 5) is 0.0652. The number of alkyl halides is 2. The van der Waals surface area contributed by atoms with E-state index in [4.69, 9.17) is 0 Å². The largest absolute Gasteiger partial charge is 0.300 e. The summed E-state index contributed by atoms with van der Waals surface area (Å²) in [7, 11) is -3.75. The van der Waals surface area contributed by atoms with Gasteiger partial charge < -0.3 is 0 Å². The summed E-state index contributed by atoms with van der Waals surface area (Å²) in [5.74, 6) is 0. The molecule has 1 aromatic carbocycles. The predicted molar refractivity (Wildman–Crippen MR) is 58.6 cm³/mol. The lowest BCUT2D eigenvalue weighted by atomic mass is 10.2. The van der Waals surface area contributed by atoms with Crippen LogP contribution in [0.25, 0.3) is 0 Å². The summed E-state index contributed by atoms with van der Waals surface area (Å²) in [5.41, 5.74) is 2.14. The van der Waals surface area contributed by atoms with Gasteiger partial charge in [-0.3, -0.25) is 5.43 Å². The van der Waals surface area contributed by atoms with Crippen molar-refractivity contribution in [1.29, 1.82) is 0 Å². The second kappa shape index (κ2) is 4.40. The van der Waals surface area contributed by atoms with E-state index >= 15 is 0 Å². The van der Waals surface area contributed by atoms with Gasteiger partial charge in [0, 0.05) is 6.42 Å². The van der Waals surface area contributed by atoms with Crippen molar-refractivity contribution >= 4 is 14.9 Å². The van der Waals surface area contributed by atoms with Crippen LogP contribution in [-0.4, -0.2) is 25.9 Å². The van der Waals surface area contributed by atoms with Crippen molar-refractivity contribution < 1.29 is 17.2 Å². The number of halogens is 2. The molecule has 1 aromatic rings. The van der Waals surface area contributed by atoms with Gasteiger partial charge in [-0.05, 0) is 12.1 Å². The highest BCUT2D eigenvalue weighted by atomic mass is 32.2. The van der Waals surface area contributed by atoms with E-state index in [0.717, 1.165) is 0 Å². The van der Waals surface area contributed by atoms with Crippen LogP contribution in [0, 0.1) is 0 Å². The number of benzene rings is 1. The quantitative estimate of drug-likeness (QED) is 0.874. The van der Waals surface area contributed by atoms with E-state index in [0.29, 0.717) is 0 Å². The fourth-order valence-corrected chi connectivity index (χ4v) is 2.84. The molecule has 0 bridgehead atoms. The minimum atomic E-state index is -3.75. The third kappa shape index (κ3) is 2.28. The van der Waals surface area contributed by atoms with Crippen molar-refractivity contribution in [3.05, 3.63) is 30.3 Å². The first kappa shape index (κ1) is 12.0. The van der Waals surface area contributed by atoms with Crippen molar-refractivity contribution in [1.82, 2.24) is 5.43 Å². The summed E-state index contributed by atoms with van der Waals surface area (Å²) in [6.07, 6.45) is -2.92. The number of hydrogen-bond donors (Lipinski definition) is 1. The molecule has 0 aliphatic carbocycles. The van der Waals surface area contributed by atoms with Gasteiger partial charge in [-0.2, -0.15) is 5.10 Å². The standard InChI is InChI=1S/C10H10F2N2O2S/c11-10(12)8-6-9(14-13-8)17(15,16)7-4-2-1-3-5-7/h1-5,8,10,13H,6H2. The number of nitrogens with zero attached hydrogens (tertiary/aromatic N) is 1. The molecule has 0 radical (unpaired) electrons. The van der Waals surface area contributed by atoms with Crippen LogP contribution in [0.4, 0.5) is 8.78 Å². The molecule has 0 amide bonds. The van der Waals surface area contributed by atoms with Gasteiger partial charge in [-0.1, -0.05) is 18.2 Å². The number of rotatable bonds is 2. The molecule has 1 heterocycles. The fourth-order valence-electron chi connectivity index (χ4n) is 1.49. The van der Waals surface area contributed by atoms with E-state index in [1.54, 1.807) is 18.2 Å². The third-order valence-corrected chi connectivity index (χ3v) is 4.19. The van der Waals surface area contributed by atoms with Crippen LogP contribution in [0.1, 0.15) is 6.42 Å². The van der Waals surface area contributed by atoms with Crippen LogP contribution >= 0.6 is 0 Å².